The predicted molar refractivity (Wildman–Crippen MR) is 52.2 cm³/mol. The largest absolute Gasteiger partial charge is 0.379 e. The minimum absolute atomic E-state index is 0.166. The molecule has 0 aromatic carbocycles. The van der Waals surface area contributed by atoms with E-state index in [4.69, 9.17) is 4.74 Å². The lowest BCUT2D eigenvalue weighted by molar-refractivity contribution is -0.00738. The van der Waals surface area contributed by atoms with Crippen molar-refractivity contribution in [3.63, 3.8) is 0 Å². The average molecular weight is 170 g/mol. The zero-order valence-corrected chi connectivity index (χ0v) is 8.89. The molecule has 2 atom stereocenters. The summed E-state index contributed by atoms with van der Waals surface area (Å²) in [5, 5.41) is 0. The molecule has 1 aliphatic rings. The third-order valence-electron chi connectivity index (χ3n) is 3.72. The third kappa shape index (κ3) is 2.22. The smallest absolute Gasteiger partial charge is 0.0651 e. The normalized spacial score (nSPS) is 44.0. The first kappa shape index (κ1) is 10.0. The molecule has 1 rings (SSSR count). The molecule has 1 aliphatic carbocycles. The molecule has 0 spiro atoms. The average Bonchev–Trinajstić information content (AvgIpc) is 2.20. The van der Waals surface area contributed by atoms with Crippen molar-refractivity contribution < 1.29 is 4.74 Å². The zero-order chi connectivity index (χ0) is 9.19. The molecule has 0 aromatic heterocycles. The van der Waals surface area contributed by atoms with Gasteiger partial charge in [0.15, 0.2) is 0 Å². The molecule has 12 heavy (non-hydrogen) atoms. The second-order valence-electron chi connectivity index (χ2n) is 4.69. The SMILES string of the molecule is COC1(C)CCC(C)C(C)CC1. The van der Waals surface area contributed by atoms with Crippen LogP contribution in [0.25, 0.3) is 0 Å². The Morgan fingerprint density at radius 2 is 1.50 bits per heavy atom. The summed E-state index contributed by atoms with van der Waals surface area (Å²) in [6.45, 7) is 6.98. The zero-order valence-electron chi connectivity index (χ0n) is 8.89. The van der Waals surface area contributed by atoms with Crippen molar-refractivity contribution in [1.29, 1.82) is 0 Å². The van der Waals surface area contributed by atoms with Crippen molar-refractivity contribution in [2.75, 3.05) is 7.11 Å². The lowest BCUT2D eigenvalue weighted by Gasteiger charge is -2.26. The maximum Gasteiger partial charge on any atom is 0.0651 e. The predicted octanol–water partition coefficient (Wildman–Crippen LogP) is 3.24. The second-order valence-corrected chi connectivity index (χ2v) is 4.69. The van der Waals surface area contributed by atoms with Crippen molar-refractivity contribution in [2.45, 2.75) is 52.1 Å². The van der Waals surface area contributed by atoms with Gasteiger partial charge in [-0.1, -0.05) is 13.8 Å². The van der Waals surface area contributed by atoms with Crippen LogP contribution in [0.4, 0.5) is 0 Å². The molecule has 0 heterocycles. The molecule has 0 saturated heterocycles. The summed E-state index contributed by atoms with van der Waals surface area (Å²) >= 11 is 0. The van der Waals surface area contributed by atoms with Crippen LogP contribution in [0.2, 0.25) is 0 Å². The first-order valence-corrected chi connectivity index (χ1v) is 5.12. The van der Waals surface area contributed by atoms with Crippen molar-refractivity contribution in [3.8, 4) is 0 Å². The van der Waals surface area contributed by atoms with E-state index < -0.39 is 0 Å². The Morgan fingerprint density at radius 1 is 1.08 bits per heavy atom. The summed E-state index contributed by atoms with van der Waals surface area (Å²) in [6.07, 6.45) is 5.11. The van der Waals surface area contributed by atoms with Crippen LogP contribution >= 0.6 is 0 Å². The van der Waals surface area contributed by atoms with E-state index in [-0.39, 0.29) is 5.60 Å². The van der Waals surface area contributed by atoms with Gasteiger partial charge in [-0.3, -0.25) is 0 Å². The van der Waals surface area contributed by atoms with Crippen LogP contribution in [-0.2, 0) is 4.74 Å². The van der Waals surface area contributed by atoms with Crippen LogP contribution in [0.1, 0.15) is 46.5 Å². The van der Waals surface area contributed by atoms with Crippen LogP contribution < -0.4 is 0 Å². The number of hydrogen-bond donors (Lipinski definition) is 0. The molecule has 0 aromatic rings. The van der Waals surface area contributed by atoms with Gasteiger partial charge in [-0.2, -0.15) is 0 Å². The van der Waals surface area contributed by atoms with Gasteiger partial charge in [0.2, 0.25) is 0 Å². The summed E-state index contributed by atoms with van der Waals surface area (Å²) in [5.74, 6) is 1.75. The lowest BCUT2D eigenvalue weighted by Crippen LogP contribution is -2.25. The Balaban J connectivity index is 2.54. The third-order valence-corrected chi connectivity index (χ3v) is 3.72. The van der Waals surface area contributed by atoms with Crippen LogP contribution in [0.15, 0.2) is 0 Å². The van der Waals surface area contributed by atoms with E-state index in [9.17, 15) is 0 Å². The maximum absolute atomic E-state index is 5.56. The number of ether oxygens (including phenoxy) is 1. The van der Waals surface area contributed by atoms with E-state index in [1.807, 2.05) is 7.11 Å². The van der Waals surface area contributed by atoms with Gasteiger partial charge < -0.3 is 4.74 Å². The van der Waals surface area contributed by atoms with Gasteiger partial charge in [0.25, 0.3) is 0 Å². The molecule has 0 N–H and O–H groups in total. The van der Waals surface area contributed by atoms with Crippen molar-refractivity contribution in [1.82, 2.24) is 0 Å². The molecule has 2 unspecified atom stereocenters. The fourth-order valence-corrected chi connectivity index (χ4v) is 1.96. The topological polar surface area (TPSA) is 9.23 Å². The summed E-state index contributed by atoms with van der Waals surface area (Å²) in [6, 6.07) is 0. The van der Waals surface area contributed by atoms with Gasteiger partial charge >= 0.3 is 0 Å². The summed E-state index contributed by atoms with van der Waals surface area (Å²) < 4.78 is 5.56. The Bertz CT molecular complexity index is 130. The van der Waals surface area contributed by atoms with E-state index >= 15 is 0 Å². The molecule has 0 bridgehead atoms. The molecular formula is C11H22O. The van der Waals surface area contributed by atoms with E-state index in [2.05, 4.69) is 20.8 Å². The van der Waals surface area contributed by atoms with Gasteiger partial charge in [-0.25, -0.2) is 0 Å². The van der Waals surface area contributed by atoms with Gasteiger partial charge in [-0.15, -0.1) is 0 Å². The molecule has 1 saturated carbocycles. The summed E-state index contributed by atoms with van der Waals surface area (Å²) in [5.41, 5.74) is 0.166. The second kappa shape index (κ2) is 3.78. The van der Waals surface area contributed by atoms with Gasteiger partial charge in [0.05, 0.1) is 5.60 Å². The summed E-state index contributed by atoms with van der Waals surface area (Å²) in [7, 11) is 1.85. The van der Waals surface area contributed by atoms with Gasteiger partial charge in [0, 0.05) is 7.11 Å². The highest BCUT2D eigenvalue weighted by Gasteiger charge is 2.29. The minimum Gasteiger partial charge on any atom is -0.379 e. The van der Waals surface area contributed by atoms with E-state index in [0.29, 0.717) is 0 Å². The van der Waals surface area contributed by atoms with Crippen molar-refractivity contribution in [2.24, 2.45) is 11.8 Å². The Hall–Kier alpha value is -0.0400. The minimum atomic E-state index is 0.166. The van der Waals surface area contributed by atoms with Crippen molar-refractivity contribution in [3.05, 3.63) is 0 Å². The Morgan fingerprint density at radius 3 is 1.83 bits per heavy atom. The Labute approximate surface area is 76.5 Å². The fraction of sp³-hybridized carbons (Fsp3) is 1.00. The Kier molecular flexibility index (Phi) is 3.16. The van der Waals surface area contributed by atoms with Gasteiger partial charge in [-0.05, 0) is 44.4 Å². The van der Waals surface area contributed by atoms with Crippen molar-refractivity contribution >= 4 is 0 Å². The lowest BCUT2D eigenvalue weighted by atomic mass is 9.92. The number of hydrogen-bond acceptors (Lipinski definition) is 1. The fourth-order valence-electron chi connectivity index (χ4n) is 1.96. The van der Waals surface area contributed by atoms with E-state index in [1.165, 1.54) is 25.7 Å². The highest BCUT2D eigenvalue weighted by molar-refractivity contribution is 4.81. The molecule has 0 radical (unpaired) electrons. The van der Waals surface area contributed by atoms with Crippen LogP contribution in [-0.4, -0.2) is 12.7 Å². The number of methoxy groups -OCH3 is 1. The van der Waals surface area contributed by atoms with Crippen LogP contribution in [0.3, 0.4) is 0 Å². The first-order valence-electron chi connectivity index (χ1n) is 5.12. The molecule has 1 fully saturated rings. The standard InChI is InChI=1S/C11H22O/c1-9-5-7-11(3,12-4)8-6-10(9)2/h9-10H,5-8H2,1-4H3. The maximum atomic E-state index is 5.56. The molecule has 1 heteroatoms. The first-order chi connectivity index (χ1) is 5.57. The highest BCUT2D eigenvalue weighted by Crippen LogP contribution is 2.35. The highest BCUT2D eigenvalue weighted by atomic mass is 16.5. The van der Waals surface area contributed by atoms with Crippen LogP contribution in [0, 0.1) is 11.8 Å². The monoisotopic (exact) mass is 170 g/mol. The number of rotatable bonds is 1. The van der Waals surface area contributed by atoms with E-state index in [1.54, 1.807) is 0 Å². The molecule has 0 aliphatic heterocycles. The molecule has 72 valence electrons. The van der Waals surface area contributed by atoms with E-state index in [0.717, 1.165) is 11.8 Å². The summed E-state index contributed by atoms with van der Waals surface area (Å²) in [4.78, 5) is 0. The molecule has 0 amide bonds. The van der Waals surface area contributed by atoms with Crippen LogP contribution in [0.5, 0.6) is 0 Å². The molecular weight excluding hydrogens is 148 g/mol. The van der Waals surface area contributed by atoms with Gasteiger partial charge in [0.1, 0.15) is 0 Å². The quantitative estimate of drug-likeness (QED) is 0.549. The molecule has 1 nitrogen and oxygen atoms in total.